The summed E-state index contributed by atoms with van der Waals surface area (Å²) in [4.78, 5) is 10.9. The van der Waals surface area contributed by atoms with Gasteiger partial charge in [0.1, 0.15) is 5.75 Å². The van der Waals surface area contributed by atoms with Crippen LogP contribution in [0.2, 0.25) is 0 Å². The highest BCUT2D eigenvalue weighted by Crippen LogP contribution is 2.40. The molecule has 0 saturated heterocycles. The molecule has 0 spiro atoms. The van der Waals surface area contributed by atoms with Crippen LogP contribution >= 0.6 is 0 Å². The van der Waals surface area contributed by atoms with E-state index in [0.717, 1.165) is 16.7 Å². The maximum Gasteiger partial charge on any atom is 0.305 e. The third kappa shape index (κ3) is 4.21. The summed E-state index contributed by atoms with van der Waals surface area (Å²) in [6.45, 7) is 12.1. The van der Waals surface area contributed by atoms with E-state index in [-0.39, 0.29) is 23.0 Å². The zero-order chi connectivity index (χ0) is 16.6. The summed E-state index contributed by atoms with van der Waals surface area (Å²) in [5.74, 6) is -0.647. The highest BCUT2D eigenvalue weighted by Gasteiger charge is 2.27. The summed E-state index contributed by atoms with van der Waals surface area (Å²) in [7, 11) is 0. The molecule has 0 aliphatic heterocycles. The first-order valence-corrected chi connectivity index (χ1v) is 7.19. The average Bonchev–Trinajstić information content (AvgIpc) is 2.24. The predicted molar refractivity (Wildman–Crippen MR) is 84.7 cm³/mol. The second-order valence-corrected chi connectivity index (χ2v) is 7.67. The largest absolute Gasteiger partial charge is 0.507 e. The van der Waals surface area contributed by atoms with Gasteiger partial charge in [0.15, 0.2) is 0 Å². The Morgan fingerprint density at radius 3 is 1.76 bits per heavy atom. The number of carboxylic acids is 1. The maximum atomic E-state index is 10.9. The summed E-state index contributed by atoms with van der Waals surface area (Å²) >= 11 is 0. The number of carboxylic acid groups (broad SMARTS) is 1. The quantitative estimate of drug-likeness (QED) is 0.797. The van der Waals surface area contributed by atoms with Crippen LogP contribution in [-0.2, 0) is 15.6 Å². The Balaban J connectivity index is 3.51. The standard InChI is InChI=1S/C17H27NO3/c1-16(2,3)11-7-10(13(18)9-14(19)20)8-12(15(11)21)17(4,5)6/h7-8,13,21H,9,18H2,1-6H3,(H,19,20). The number of carbonyl (C=O) groups is 1. The Morgan fingerprint density at radius 2 is 1.48 bits per heavy atom. The summed E-state index contributed by atoms with van der Waals surface area (Å²) in [6, 6.07) is 3.08. The van der Waals surface area contributed by atoms with Gasteiger partial charge in [-0.15, -0.1) is 0 Å². The molecule has 0 aliphatic carbocycles. The number of rotatable bonds is 3. The van der Waals surface area contributed by atoms with E-state index in [1.165, 1.54) is 0 Å². The molecular weight excluding hydrogens is 266 g/mol. The average molecular weight is 293 g/mol. The first-order valence-electron chi connectivity index (χ1n) is 7.19. The Labute approximate surface area is 127 Å². The second-order valence-electron chi connectivity index (χ2n) is 7.67. The molecule has 4 heteroatoms. The molecule has 0 fully saturated rings. The van der Waals surface area contributed by atoms with E-state index in [4.69, 9.17) is 10.8 Å². The van der Waals surface area contributed by atoms with Gasteiger partial charge in [0.05, 0.1) is 6.42 Å². The number of hydrogen-bond acceptors (Lipinski definition) is 3. The summed E-state index contributed by atoms with van der Waals surface area (Å²) < 4.78 is 0. The minimum atomic E-state index is -0.926. The monoisotopic (exact) mass is 293 g/mol. The van der Waals surface area contributed by atoms with Gasteiger partial charge in [-0.05, 0) is 39.7 Å². The van der Waals surface area contributed by atoms with E-state index in [1.807, 2.05) is 53.7 Å². The minimum absolute atomic E-state index is 0.127. The number of nitrogens with two attached hydrogens (primary N) is 1. The molecule has 1 aromatic rings. The molecule has 0 aliphatic rings. The molecule has 4 nitrogen and oxygen atoms in total. The lowest BCUT2D eigenvalue weighted by molar-refractivity contribution is -0.137. The predicted octanol–water partition coefficient (Wildman–Crippen LogP) is 3.46. The third-order valence-electron chi connectivity index (χ3n) is 3.57. The van der Waals surface area contributed by atoms with E-state index in [2.05, 4.69) is 0 Å². The lowest BCUT2D eigenvalue weighted by atomic mass is 9.77. The number of aromatic hydroxyl groups is 1. The van der Waals surface area contributed by atoms with Gasteiger partial charge in [-0.1, -0.05) is 41.5 Å². The SMILES string of the molecule is CC(C)(C)c1cc(C(N)CC(=O)O)cc(C(C)(C)C)c1O. The van der Waals surface area contributed by atoms with Crippen LogP contribution in [0, 0.1) is 0 Å². The normalized spacial score (nSPS) is 14.0. The zero-order valence-corrected chi connectivity index (χ0v) is 13.8. The van der Waals surface area contributed by atoms with Gasteiger partial charge in [0.25, 0.3) is 0 Å². The third-order valence-corrected chi connectivity index (χ3v) is 3.57. The van der Waals surface area contributed by atoms with E-state index in [1.54, 1.807) is 0 Å². The molecule has 0 aromatic heterocycles. The fraction of sp³-hybridized carbons (Fsp3) is 0.588. The van der Waals surface area contributed by atoms with Gasteiger partial charge in [0.2, 0.25) is 0 Å². The van der Waals surface area contributed by atoms with E-state index in [0.29, 0.717) is 0 Å². The van der Waals surface area contributed by atoms with Crippen molar-refractivity contribution in [3.8, 4) is 5.75 Å². The van der Waals surface area contributed by atoms with Crippen molar-refractivity contribution in [2.75, 3.05) is 0 Å². The van der Waals surface area contributed by atoms with Gasteiger partial charge in [-0.3, -0.25) is 4.79 Å². The number of phenolic OH excluding ortho intramolecular Hbond substituents is 1. The Morgan fingerprint density at radius 1 is 1.10 bits per heavy atom. The van der Waals surface area contributed by atoms with Crippen molar-refractivity contribution in [3.05, 3.63) is 28.8 Å². The molecule has 1 atom stereocenters. The van der Waals surface area contributed by atoms with Crippen LogP contribution < -0.4 is 5.73 Å². The van der Waals surface area contributed by atoms with Crippen LogP contribution in [0.25, 0.3) is 0 Å². The van der Waals surface area contributed by atoms with Crippen LogP contribution in [0.3, 0.4) is 0 Å². The number of benzene rings is 1. The smallest absolute Gasteiger partial charge is 0.305 e. The highest BCUT2D eigenvalue weighted by atomic mass is 16.4. The Bertz CT molecular complexity index is 501. The van der Waals surface area contributed by atoms with Gasteiger partial charge in [-0.2, -0.15) is 0 Å². The molecule has 1 aromatic carbocycles. The maximum absolute atomic E-state index is 10.9. The zero-order valence-electron chi connectivity index (χ0n) is 13.8. The molecular formula is C17H27NO3. The van der Waals surface area contributed by atoms with Gasteiger partial charge in [-0.25, -0.2) is 0 Å². The number of hydrogen-bond donors (Lipinski definition) is 3. The van der Waals surface area contributed by atoms with Crippen LogP contribution in [-0.4, -0.2) is 16.2 Å². The molecule has 0 radical (unpaired) electrons. The van der Waals surface area contributed by atoms with Crippen molar-refractivity contribution in [2.24, 2.45) is 5.73 Å². The summed E-state index contributed by atoms with van der Waals surface area (Å²) in [5, 5.41) is 19.5. The Kier molecular flexibility index (Phi) is 4.73. The van der Waals surface area contributed by atoms with E-state index in [9.17, 15) is 9.90 Å². The number of aliphatic carboxylic acids is 1. The number of phenols is 1. The molecule has 0 amide bonds. The van der Waals surface area contributed by atoms with Gasteiger partial charge >= 0.3 is 5.97 Å². The van der Waals surface area contributed by atoms with Crippen LogP contribution in [0.4, 0.5) is 0 Å². The molecule has 21 heavy (non-hydrogen) atoms. The molecule has 1 rings (SSSR count). The molecule has 0 bridgehead atoms. The first kappa shape index (κ1) is 17.5. The van der Waals surface area contributed by atoms with Crippen molar-refractivity contribution >= 4 is 5.97 Å². The minimum Gasteiger partial charge on any atom is -0.507 e. The summed E-state index contributed by atoms with van der Waals surface area (Å²) in [6.07, 6.45) is -0.127. The van der Waals surface area contributed by atoms with Crippen molar-refractivity contribution in [3.63, 3.8) is 0 Å². The lowest BCUT2D eigenvalue weighted by Crippen LogP contribution is -2.21. The van der Waals surface area contributed by atoms with Crippen molar-refractivity contribution in [1.29, 1.82) is 0 Å². The molecule has 0 heterocycles. The highest BCUT2D eigenvalue weighted by molar-refractivity contribution is 5.68. The van der Waals surface area contributed by atoms with E-state index < -0.39 is 12.0 Å². The van der Waals surface area contributed by atoms with Crippen LogP contribution in [0.15, 0.2) is 12.1 Å². The van der Waals surface area contributed by atoms with Crippen molar-refractivity contribution in [2.45, 2.75) is 64.8 Å². The van der Waals surface area contributed by atoms with E-state index >= 15 is 0 Å². The lowest BCUT2D eigenvalue weighted by Gasteiger charge is -2.29. The van der Waals surface area contributed by atoms with Crippen LogP contribution in [0.5, 0.6) is 5.75 Å². The first-order chi connectivity index (χ1) is 9.34. The molecule has 118 valence electrons. The molecule has 1 unspecified atom stereocenters. The molecule has 0 saturated carbocycles. The second kappa shape index (κ2) is 5.68. The van der Waals surface area contributed by atoms with Crippen molar-refractivity contribution in [1.82, 2.24) is 0 Å². The molecule has 4 N–H and O–H groups in total. The van der Waals surface area contributed by atoms with Gasteiger partial charge < -0.3 is 15.9 Å². The van der Waals surface area contributed by atoms with Crippen LogP contribution in [0.1, 0.15) is 70.7 Å². The van der Waals surface area contributed by atoms with Crippen molar-refractivity contribution < 1.29 is 15.0 Å². The summed E-state index contributed by atoms with van der Waals surface area (Å²) in [5.41, 5.74) is 7.86. The topological polar surface area (TPSA) is 83.6 Å². The van der Waals surface area contributed by atoms with Gasteiger partial charge in [0, 0.05) is 6.04 Å². The fourth-order valence-electron chi connectivity index (χ4n) is 2.32. The Hall–Kier alpha value is -1.55. The fourth-order valence-corrected chi connectivity index (χ4v) is 2.32.